The van der Waals surface area contributed by atoms with Gasteiger partial charge in [0.05, 0.1) is 18.2 Å². The Morgan fingerprint density at radius 2 is 2.11 bits per heavy atom. The van der Waals surface area contributed by atoms with E-state index < -0.39 is 23.1 Å². The summed E-state index contributed by atoms with van der Waals surface area (Å²) in [6, 6.07) is 4.64. The number of nitrogens with one attached hydrogen (secondary N) is 1. The first-order valence-electron chi connectivity index (χ1n) is 13.2. The number of methoxy groups -OCH3 is 1. The number of carbonyl (C=O) groups is 1. The van der Waals surface area contributed by atoms with E-state index in [9.17, 15) is 15.0 Å². The Labute approximate surface area is 219 Å². The van der Waals surface area contributed by atoms with Crippen LogP contribution in [0.25, 0.3) is 0 Å². The fourth-order valence-corrected chi connectivity index (χ4v) is 6.45. The van der Waals surface area contributed by atoms with Gasteiger partial charge in [-0.3, -0.25) is 0 Å². The fraction of sp³-hybridized carbons (Fsp3) is 0.741. The Hall–Kier alpha value is -1.45. The number of ether oxygens (including phenoxy) is 2. The molecule has 7 nitrogen and oxygen atoms in total. The van der Waals surface area contributed by atoms with Crippen LogP contribution in [0.1, 0.15) is 63.4 Å². The highest BCUT2D eigenvalue weighted by atomic mass is 35.5. The van der Waals surface area contributed by atoms with Crippen LogP contribution in [0.4, 0.5) is 9.18 Å². The topological polar surface area (TPSA) is 91.3 Å². The summed E-state index contributed by atoms with van der Waals surface area (Å²) in [5.41, 5.74) is -3.10. The first-order valence-corrected chi connectivity index (χ1v) is 13.6. The Bertz CT molecular complexity index is 855. The van der Waals surface area contributed by atoms with Gasteiger partial charge in [-0.05, 0) is 44.7 Å². The predicted octanol–water partition coefficient (Wildman–Crippen LogP) is 5.04. The van der Waals surface area contributed by atoms with Gasteiger partial charge >= 0.3 is 6.09 Å². The van der Waals surface area contributed by atoms with Gasteiger partial charge in [-0.15, -0.1) is 0 Å². The molecule has 1 aliphatic heterocycles. The van der Waals surface area contributed by atoms with Crippen LogP contribution in [0.3, 0.4) is 0 Å². The summed E-state index contributed by atoms with van der Waals surface area (Å²) in [7, 11) is 3.46. The second-order valence-corrected chi connectivity index (χ2v) is 10.8. The van der Waals surface area contributed by atoms with Crippen molar-refractivity contribution in [3.05, 3.63) is 34.6 Å². The SMILES string of the molecule is CNC[C@@H](CC1CCCCC1)C1([C@@](O)(CCCCOC)c2cccc(Cl)c2F)CN(C(=O)O)CCO1. The molecular weight excluding hydrogens is 487 g/mol. The summed E-state index contributed by atoms with van der Waals surface area (Å²) in [6.45, 7) is 1.29. The van der Waals surface area contributed by atoms with Gasteiger partial charge in [0.2, 0.25) is 0 Å². The van der Waals surface area contributed by atoms with Crippen molar-refractivity contribution < 1.29 is 28.9 Å². The number of halogens is 2. The van der Waals surface area contributed by atoms with Gasteiger partial charge in [0.15, 0.2) is 0 Å². The van der Waals surface area contributed by atoms with Crippen molar-refractivity contribution >= 4 is 17.7 Å². The molecule has 2 fully saturated rings. The summed E-state index contributed by atoms with van der Waals surface area (Å²) >= 11 is 6.20. The summed E-state index contributed by atoms with van der Waals surface area (Å²) in [5, 5.41) is 25.8. The molecule has 0 bridgehead atoms. The molecule has 1 amide bonds. The lowest BCUT2D eigenvalue weighted by Crippen LogP contribution is -2.69. The molecule has 1 saturated carbocycles. The normalized spacial score (nSPS) is 23.9. The quantitative estimate of drug-likeness (QED) is 0.329. The first kappa shape index (κ1) is 29.1. The van der Waals surface area contributed by atoms with Crippen molar-refractivity contribution in [1.82, 2.24) is 10.2 Å². The number of hydrogen-bond donors (Lipinski definition) is 3. The predicted molar refractivity (Wildman–Crippen MR) is 138 cm³/mol. The number of aliphatic hydroxyl groups is 1. The molecule has 0 radical (unpaired) electrons. The first-order chi connectivity index (χ1) is 17.3. The zero-order valence-electron chi connectivity index (χ0n) is 21.6. The molecule has 1 aromatic carbocycles. The molecule has 204 valence electrons. The van der Waals surface area contributed by atoms with E-state index in [0.29, 0.717) is 31.9 Å². The lowest BCUT2D eigenvalue weighted by molar-refractivity contribution is -0.248. The molecule has 1 saturated heterocycles. The number of carboxylic acid groups (broad SMARTS) is 1. The van der Waals surface area contributed by atoms with E-state index in [1.807, 2.05) is 7.05 Å². The summed E-state index contributed by atoms with van der Waals surface area (Å²) < 4.78 is 27.4. The number of benzene rings is 1. The van der Waals surface area contributed by atoms with Crippen LogP contribution in [-0.4, -0.2) is 73.8 Å². The van der Waals surface area contributed by atoms with Crippen LogP contribution < -0.4 is 5.32 Å². The van der Waals surface area contributed by atoms with E-state index in [1.54, 1.807) is 19.2 Å². The minimum Gasteiger partial charge on any atom is -0.465 e. The van der Waals surface area contributed by atoms with Gasteiger partial charge in [0.25, 0.3) is 0 Å². The maximum atomic E-state index is 15.6. The van der Waals surface area contributed by atoms with Crippen molar-refractivity contribution in [2.75, 3.05) is 47.0 Å². The van der Waals surface area contributed by atoms with Crippen molar-refractivity contribution in [2.45, 2.75) is 69.0 Å². The summed E-state index contributed by atoms with van der Waals surface area (Å²) in [5.74, 6) is -0.497. The van der Waals surface area contributed by atoms with Crippen molar-refractivity contribution in [3.63, 3.8) is 0 Å². The Kier molecular flexibility index (Phi) is 10.8. The third kappa shape index (κ3) is 6.33. The van der Waals surface area contributed by atoms with E-state index in [2.05, 4.69) is 5.32 Å². The van der Waals surface area contributed by atoms with Gasteiger partial charge in [0, 0.05) is 38.3 Å². The molecule has 3 N–H and O–H groups in total. The minimum absolute atomic E-state index is 0.0475. The van der Waals surface area contributed by atoms with E-state index >= 15 is 4.39 Å². The van der Waals surface area contributed by atoms with Crippen LogP contribution >= 0.6 is 11.6 Å². The average molecular weight is 529 g/mol. The van der Waals surface area contributed by atoms with Gasteiger partial charge in [-0.2, -0.15) is 0 Å². The molecule has 1 aromatic rings. The Morgan fingerprint density at radius 3 is 2.78 bits per heavy atom. The molecule has 1 aliphatic carbocycles. The van der Waals surface area contributed by atoms with Gasteiger partial charge in [-0.25, -0.2) is 9.18 Å². The second kappa shape index (κ2) is 13.4. The van der Waals surface area contributed by atoms with Crippen LogP contribution in [0.2, 0.25) is 5.02 Å². The second-order valence-electron chi connectivity index (χ2n) is 10.3. The number of rotatable bonds is 12. The van der Waals surface area contributed by atoms with Gasteiger partial charge < -0.3 is 29.9 Å². The lowest BCUT2D eigenvalue weighted by Gasteiger charge is -2.56. The monoisotopic (exact) mass is 528 g/mol. The maximum Gasteiger partial charge on any atom is 0.407 e. The van der Waals surface area contributed by atoms with Crippen molar-refractivity contribution in [2.24, 2.45) is 11.8 Å². The largest absolute Gasteiger partial charge is 0.465 e. The molecule has 9 heteroatoms. The molecule has 36 heavy (non-hydrogen) atoms. The highest BCUT2D eigenvalue weighted by molar-refractivity contribution is 6.30. The number of unbranched alkanes of at least 4 members (excludes halogenated alkanes) is 1. The highest BCUT2D eigenvalue weighted by Crippen LogP contribution is 2.50. The van der Waals surface area contributed by atoms with E-state index in [-0.39, 0.29) is 42.6 Å². The Morgan fingerprint density at radius 1 is 1.36 bits per heavy atom. The number of nitrogens with zero attached hydrogens (tertiary/aromatic N) is 1. The van der Waals surface area contributed by atoms with Crippen molar-refractivity contribution in [1.29, 1.82) is 0 Å². The van der Waals surface area contributed by atoms with Gasteiger partial charge in [0.1, 0.15) is 17.0 Å². The lowest BCUT2D eigenvalue weighted by atomic mass is 9.64. The number of morpholine rings is 1. The molecule has 0 aromatic heterocycles. The average Bonchev–Trinajstić information content (AvgIpc) is 2.88. The molecule has 1 unspecified atom stereocenters. The standard InChI is InChI=1S/C27H42ClFN2O5/c1-30-18-21(17-20-9-4-3-5-10-20)27(19-31(25(32)33)14-16-36-27)26(34,13-6-7-15-35-2)22-11-8-12-23(28)24(22)29/h8,11-12,20-21,30,34H,3-7,9-10,13-19H2,1-2H3,(H,32,33)/t21-,26-,27?/m1/s1. The summed E-state index contributed by atoms with van der Waals surface area (Å²) in [6.07, 6.45) is 6.82. The smallest absolute Gasteiger partial charge is 0.407 e. The molecule has 1 heterocycles. The van der Waals surface area contributed by atoms with Crippen LogP contribution in [0.5, 0.6) is 0 Å². The number of hydrogen-bond acceptors (Lipinski definition) is 5. The molecule has 3 atom stereocenters. The van der Waals surface area contributed by atoms with Crippen LogP contribution in [0.15, 0.2) is 18.2 Å². The summed E-state index contributed by atoms with van der Waals surface area (Å²) in [4.78, 5) is 13.5. The third-order valence-electron chi connectivity index (χ3n) is 8.10. The maximum absolute atomic E-state index is 15.6. The third-order valence-corrected chi connectivity index (χ3v) is 8.40. The van der Waals surface area contributed by atoms with Gasteiger partial charge in [-0.1, -0.05) is 55.8 Å². The fourth-order valence-electron chi connectivity index (χ4n) is 6.28. The number of amides is 1. The molecule has 3 rings (SSSR count). The highest BCUT2D eigenvalue weighted by Gasteiger charge is 2.60. The van der Waals surface area contributed by atoms with E-state index in [0.717, 1.165) is 32.1 Å². The minimum atomic E-state index is -1.81. The van der Waals surface area contributed by atoms with Crippen molar-refractivity contribution in [3.8, 4) is 0 Å². The Balaban J connectivity index is 2.15. The zero-order valence-corrected chi connectivity index (χ0v) is 22.4. The van der Waals surface area contributed by atoms with Crippen LogP contribution in [0, 0.1) is 17.7 Å². The van der Waals surface area contributed by atoms with E-state index in [4.69, 9.17) is 21.1 Å². The van der Waals surface area contributed by atoms with Crippen LogP contribution in [-0.2, 0) is 15.1 Å². The van der Waals surface area contributed by atoms with E-state index in [1.165, 1.54) is 17.4 Å². The zero-order chi connectivity index (χ0) is 26.2. The molecule has 2 aliphatic rings. The molecular formula is C27H42ClFN2O5. The molecule has 0 spiro atoms.